The summed E-state index contributed by atoms with van der Waals surface area (Å²) in [7, 11) is 0. The van der Waals surface area contributed by atoms with Gasteiger partial charge in [0.25, 0.3) is 0 Å². The smallest absolute Gasteiger partial charge is 0.303 e. The van der Waals surface area contributed by atoms with Crippen LogP contribution < -0.4 is 0 Å². The van der Waals surface area contributed by atoms with E-state index < -0.39 is 48.2 Å². The van der Waals surface area contributed by atoms with E-state index in [1.165, 1.54) is 13.8 Å². The number of hydrogen-bond acceptors (Lipinski definition) is 12. The molecule has 19 atom stereocenters. The molecule has 3 spiro atoms. The molecule has 3 N–H and O–H groups in total. The highest BCUT2D eigenvalue weighted by Crippen LogP contribution is 2.89. The Morgan fingerprint density at radius 2 is 1.51 bits per heavy atom. The maximum Gasteiger partial charge on any atom is 0.303 e. The molecule has 4 aliphatic heterocycles. The third kappa shape index (κ3) is 4.31. The molecule has 0 amide bonds. The van der Waals surface area contributed by atoms with Gasteiger partial charge in [-0.1, -0.05) is 34.6 Å². The van der Waals surface area contributed by atoms with E-state index >= 15 is 0 Å². The Morgan fingerprint density at radius 3 is 2.16 bits per heavy atom. The highest BCUT2D eigenvalue weighted by atomic mass is 16.8. The number of ether oxygens (including phenoxy) is 7. The van der Waals surface area contributed by atoms with Gasteiger partial charge in [-0.3, -0.25) is 9.59 Å². The van der Waals surface area contributed by atoms with Crippen molar-refractivity contribution in [3.63, 3.8) is 0 Å². The predicted molar refractivity (Wildman–Crippen MR) is 177 cm³/mol. The van der Waals surface area contributed by atoms with E-state index in [2.05, 4.69) is 34.6 Å². The van der Waals surface area contributed by atoms with Crippen LogP contribution in [0.3, 0.4) is 0 Å². The zero-order chi connectivity index (χ0) is 36.5. The third-order valence-electron chi connectivity index (χ3n) is 17.0. The summed E-state index contributed by atoms with van der Waals surface area (Å²) in [6, 6.07) is 0. The first-order chi connectivity index (χ1) is 23.8. The summed E-state index contributed by atoms with van der Waals surface area (Å²) >= 11 is 0. The minimum Gasteiger partial charge on any atom is -0.462 e. The Kier molecular flexibility index (Phi) is 7.40. The van der Waals surface area contributed by atoms with Gasteiger partial charge in [0.2, 0.25) is 5.79 Å². The molecule has 12 nitrogen and oxygen atoms in total. The van der Waals surface area contributed by atoms with Gasteiger partial charge in [0.05, 0.1) is 18.8 Å². The summed E-state index contributed by atoms with van der Waals surface area (Å²) in [5.41, 5.74) is -1.38. The van der Waals surface area contributed by atoms with Crippen molar-refractivity contribution in [1.29, 1.82) is 0 Å². The molecule has 0 aromatic rings. The third-order valence-corrected chi connectivity index (χ3v) is 17.0. The second kappa shape index (κ2) is 10.7. The molecule has 286 valence electrons. The summed E-state index contributed by atoms with van der Waals surface area (Å²) in [5.74, 6) is -0.646. The normalized spacial score (nSPS) is 60.1. The van der Waals surface area contributed by atoms with Crippen LogP contribution >= 0.6 is 0 Å². The number of fused-ring (bicyclic) bond motifs is 6. The average Bonchev–Trinajstić information content (AvgIpc) is 3.87. The zero-order valence-corrected chi connectivity index (χ0v) is 31.4. The topological polar surface area (TPSA) is 163 Å². The van der Waals surface area contributed by atoms with Crippen molar-refractivity contribution >= 4 is 11.9 Å². The van der Waals surface area contributed by atoms with E-state index in [1.807, 2.05) is 6.92 Å². The second-order valence-electron chi connectivity index (χ2n) is 19.5. The number of carbonyl (C=O) groups excluding carboxylic acids is 2. The Morgan fingerprint density at radius 1 is 0.804 bits per heavy atom. The van der Waals surface area contributed by atoms with Crippen molar-refractivity contribution in [2.75, 3.05) is 6.61 Å². The molecule has 12 heteroatoms. The SMILES string of the molecule is CC(=O)OC1C(OC2CCC34CC35CC(OC(C)=O)C3(C)C6C(C)CC7(OC6CC3(C)C5CCC4C2(C)C)OC(O)C2(C)OC72)OCC(O)C1O. The van der Waals surface area contributed by atoms with Gasteiger partial charge in [0.15, 0.2) is 18.7 Å². The largest absolute Gasteiger partial charge is 0.462 e. The van der Waals surface area contributed by atoms with Gasteiger partial charge < -0.3 is 48.5 Å². The van der Waals surface area contributed by atoms with Gasteiger partial charge in [-0.05, 0) is 97.2 Å². The van der Waals surface area contributed by atoms with Crippen LogP contribution in [0, 0.1) is 50.7 Å². The van der Waals surface area contributed by atoms with Gasteiger partial charge >= 0.3 is 11.9 Å². The van der Waals surface area contributed by atoms with Crippen LogP contribution in [-0.2, 0) is 42.7 Å². The molecule has 51 heavy (non-hydrogen) atoms. The van der Waals surface area contributed by atoms with E-state index in [-0.39, 0.29) is 75.9 Å². The molecule has 4 heterocycles. The lowest BCUT2D eigenvalue weighted by Crippen LogP contribution is -2.64. The molecule has 5 aliphatic carbocycles. The molecule has 9 fully saturated rings. The van der Waals surface area contributed by atoms with Crippen LogP contribution in [0.2, 0.25) is 0 Å². The summed E-state index contributed by atoms with van der Waals surface area (Å²) in [6.45, 7) is 16.3. The first kappa shape index (κ1) is 35.3. The van der Waals surface area contributed by atoms with E-state index in [0.29, 0.717) is 18.3 Å². The molecule has 0 aromatic carbocycles. The molecular formula is C39H58O12. The Labute approximate surface area is 300 Å². The number of carbonyl (C=O) groups is 2. The Balaban J connectivity index is 1.02. The van der Waals surface area contributed by atoms with Crippen molar-refractivity contribution in [2.24, 2.45) is 50.7 Å². The molecule has 5 saturated carbocycles. The summed E-state index contributed by atoms with van der Waals surface area (Å²) in [4.78, 5) is 24.9. The molecule has 0 bridgehead atoms. The highest BCUT2D eigenvalue weighted by Gasteiger charge is 2.87. The fourth-order valence-electron chi connectivity index (χ4n) is 14.9. The van der Waals surface area contributed by atoms with Gasteiger partial charge in [-0.2, -0.15) is 0 Å². The van der Waals surface area contributed by atoms with Crippen molar-refractivity contribution in [1.82, 2.24) is 0 Å². The second-order valence-corrected chi connectivity index (χ2v) is 19.5. The monoisotopic (exact) mass is 718 g/mol. The fourth-order valence-corrected chi connectivity index (χ4v) is 14.9. The summed E-state index contributed by atoms with van der Waals surface area (Å²) in [5, 5.41) is 31.8. The Hall–Kier alpha value is -1.38. The lowest BCUT2D eigenvalue weighted by Gasteiger charge is -2.65. The number of rotatable bonds is 4. The maximum absolute atomic E-state index is 12.9. The number of hydrogen-bond donors (Lipinski definition) is 3. The molecule has 4 saturated heterocycles. The van der Waals surface area contributed by atoms with Crippen LogP contribution in [0.25, 0.3) is 0 Å². The maximum atomic E-state index is 12.9. The van der Waals surface area contributed by atoms with Gasteiger partial charge in [-0.15, -0.1) is 0 Å². The minimum atomic E-state index is -1.30. The number of aliphatic hydroxyl groups is 3. The lowest BCUT2D eigenvalue weighted by atomic mass is 9.41. The lowest BCUT2D eigenvalue weighted by molar-refractivity contribution is -0.346. The van der Waals surface area contributed by atoms with Crippen LogP contribution in [0.15, 0.2) is 0 Å². The minimum absolute atomic E-state index is 0.0150. The first-order valence-corrected chi connectivity index (χ1v) is 19.5. The quantitative estimate of drug-likeness (QED) is 0.220. The molecule has 9 aliphatic rings. The van der Waals surface area contributed by atoms with Crippen LogP contribution in [0.1, 0.15) is 107 Å². The molecular weight excluding hydrogens is 660 g/mol. The molecule has 0 aromatic heterocycles. The van der Waals surface area contributed by atoms with Crippen molar-refractivity contribution in [2.45, 2.75) is 173 Å². The first-order valence-electron chi connectivity index (χ1n) is 19.5. The predicted octanol–water partition coefficient (Wildman–Crippen LogP) is 3.60. The van der Waals surface area contributed by atoms with Crippen molar-refractivity contribution < 1.29 is 58.1 Å². The molecule has 0 radical (unpaired) electrons. The standard InChI is InChI=1S/C39H58O12/c1-18-13-39(31-36(8,50-31)32(44)51-39)49-22-14-34(6)24-10-9-23-33(4,5)25(48-30-29(47-20(3)41)28(43)21(42)16-45-30)11-12-37(23)17-38(24,37)15-26(46-19(2)40)35(34,7)27(18)22/h18,21-32,42-44H,9-17H2,1-8H3. The van der Waals surface area contributed by atoms with E-state index in [0.717, 1.165) is 44.9 Å². The van der Waals surface area contributed by atoms with E-state index in [4.69, 9.17) is 33.2 Å². The Bertz CT molecular complexity index is 1500. The van der Waals surface area contributed by atoms with Crippen LogP contribution in [0.4, 0.5) is 0 Å². The van der Waals surface area contributed by atoms with Gasteiger partial charge in [0, 0.05) is 25.7 Å². The van der Waals surface area contributed by atoms with Gasteiger partial charge in [0.1, 0.15) is 30.0 Å². The summed E-state index contributed by atoms with van der Waals surface area (Å²) < 4.78 is 43.7. The number of aliphatic hydroxyl groups excluding tert-OH is 3. The van der Waals surface area contributed by atoms with Crippen molar-refractivity contribution in [3.05, 3.63) is 0 Å². The number of esters is 2. The molecule has 9 rings (SSSR count). The average molecular weight is 719 g/mol. The van der Waals surface area contributed by atoms with Crippen molar-refractivity contribution in [3.8, 4) is 0 Å². The number of epoxide rings is 1. The van der Waals surface area contributed by atoms with Crippen LogP contribution in [0.5, 0.6) is 0 Å². The molecule has 19 unspecified atom stereocenters. The van der Waals surface area contributed by atoms with E-state index in [9.17, 15) is 24.9 Å². The highest BCUT2D eigenvalue weighted by molar-refractivity contribution is 5.66. The fraction of sp³-hybridized carbons (Fsp3) is 0.949. The summed E-state index contributed by atoms with van der Waals surface area (Å²) in [6.07, 6.45) is 0.793. The van der Waals surface area contributed by atoms with E-state index in [1.54, 1.807) is 0 Å². The zero-order valence-electron chi connectivity index (χ0n) is 31.4. The van der Waals surface area contributed by atoms with Gasteiger partial charge in [-0.25, -0.2) is 0 Å². The van der Waals surface area contributed by atoms with Crippen LogP contribution in [-0.4, -0.2) is 101 Å².